The summed E-state index contributed by atoms with van der Waals surface area (Å²) in [6, 6.07) is 0.158. The Labute approximate surface area is 122 Å². The first-order chi connectivity index (χ1) is 9.66. The number of nitrogens with zero attached hydrogens (tertiary/aromatic N) is 1. The van der Waals surface area contributed by atoms with Gasteiger partial charge in [0.2, 0.25) is 0 Å². The van der Waals surface area contributed by atoms with Gasteiger partial charge in [0, 0.05) is 13.1 Å². The van der Waals surface area contributed by atoms with Crippen LogP contribution >= 0.6 is 0 Å². The smallest absolute Gasteiger partial charge is 0.318 e. The van der Waals surface area contributed by atoms with Gasteiger partial charge in [0.15, 0.2) is 0 Å². The number of carbonyl (C=O) groups excluding carboxylic acids is 1. The van der Waals surface area contributed by atoms with Crippen LogP contribution in [0, 0.1) is 5.92 Å². The van der Waals surface area contributed by atoms with E-state index in [-0.39, 0.29) is 12.1 Å². The minimum absolute atomic E-state index is 0.0390. The third-order valence-electron chi connectivity index (χ3n) is 4.48. The van der Waals surface area contributed by atoms with E-state index in [4.69, 9.17) is 4.74 Å². The zero-order chi connectivity index (χ0) is 14.4. The summed E-state index contributed by atoms with van der Waals surface area (Å²) in [4.78, 5) is 14.1. The summed E-state index contributed by atoms with van der Waals surface area (Å²) in [6.07, 6.45) is 7.70. The Morgan fingerprint density at radius 1 is 1.30 bits per heavy atom. The summed E-state index contributed by atoms with van der Waals surface area (Å²) in [5.74, 6) is 0.746. The van der Waals surface area contributed by atoms with Gasteiger partial charge < -0.3 is 15.0 Å². The molecule has 114 valence electrons. The maximum atomic E-state index is 12.3. The molecule has 1 aliphatic heterocycles. The fraction of sp³-hybridized carbons (Fsp3) is 0.812. The van der Waals surface area contributed by atoms with Crippen molar-refractivity contribution < 1.29 is 9.53 Å². The number of carbonyl (C=O) groups is 1. The minimum atomic E-state index is 0.0390. The molecule has 1 N–H and O–H groups in total. The molecule has 0 aromatic rings. The van der Waals surface area contributed by atoms with Crippen molar-refractivity contribution in [1.82, 2.24) is 10.2 Å². The molecule has 0 spiro atoms. The number of rotatable bonds is 4. The lowest BCUT2D eigenvalue weighted by Crippen LogP contribution is -2.49. The second-order valence-corrected chi connectivity index (χ2v) is 6.19. The molecule has 2 fully saturated rings. The quantitative estimate of drug-likeness (QED) is 0.804. The van der Waals surface area contributed by atoms with Crippen LogP contribution in [0.4, 0.5) is 4.79 Å². The van der Waals surface area contributed by atoms with Crippen molar-refractivity contribution in [1.29, 1.82) is 0 Å². The molecule has 4 nitrogen and oxygen atoms in total. The molecular weight excluding hydrogens is 252 g/mol. The van der Waals surface area contributed by atoms with Crippen molar-refractivity contribution in [2.75, 3.05) is 26.3 Å². The summed E-state index contributed by atoms with van der Waals surface area (Å²) in [7, 11) is 0. The Bertz CT molecular complexity index is 331. The molecule has 0 aromatic carbocycles. The summed E-state index contributed by atoms with van der Waals surface area (Å²) in [5.41, 5.74) is 1.07. The zero-order valence-corrected chi connectivity index (χ0v) is 12.7. The second-order valence-electron chi connectivity index (χ2n) is 6.19. The minimum Gasteiger partial charge on any atom is -0.378 e. The van der Waals surface area contributed by atoms with E-state index < -0.39 is 0 Å². The molecule has 0 bridgehead atoms. The SMILES string of the molecule is C=C(C)C(CC1CCCCC1)NC(=O)N1CCOCC1. The van der Waals surface area contributed by atoms with Gasteiger partial charge in [-0.3, -0.25) is 0 Å². The molecular formula is C16H28N2O2. The summed E-state index contributed by atoms with van der Waals surface area (Å²) in [5, 5.41) is 3.17. The molecule has 1 aliphatic carbocycles. The van der Waals surface area contributed by atoms with Gasteiger partial charge in [-0.1, -0.05) is 44.3 Å². The molecule has 1 saturated carbocycles. The average molecular weight is 280 g/mol. The van der Waals surface area contributed by atoms with Crippen molar-refractivity contribution >= 4 is 6.03 Å². The Morgan fingerprint density at radius 2 is 1.95 bits per heavy atom. The highest BCUT2D eigenvalue weighted by atomic mass is 16.5. The third kappa shape index (κ3) is 4.51. The maximum absolute atomic E-state index is 12.3. The van der Waals surface area contributed by atoms with E-state index in [1.807, 2.05) is 11.8 Å². The van der Waals surface area contributed by atoms with Gasteiger partial charge in [-0.25, -0.2) is 4.79 Å². The van der Waals surface area contributed by atoms with Crippen LogP contribution < -0.4 is 5.32 Å². The predicted molar refractivity (Wildman–Crippen MR) is 80.7 cm³/mol. The second kappa shape index (κ2) is 7.67. The number of ether oxygens (including phenoxy) is 1. The topological polar surface area (TPSA) is 41.6 Å². The Balaban J connectivity index is 1.84. The highest BCUT2D eigenvalue weighted by molar-refractivity contribution is 5.75. The van der Waals surface area contributed by atoms with Gasteiger partial charge in [0.1, 0.15) is 0 Å². The first kappa shape index (κ1) is 15.4. The monoisotopic (exact) mass is 280 g/mol. The lowest BCUT2D eigenvalue weighted by molar-refractivity contribution is 0.0525. The van der Waals surface area contributed by atoms with Gasteiger partial charge >= 0.3 is 6.03 Å². The molecule has 1 heterocycles. The van der Waals surface area contributed by atoms with Crippen LogP contribution in [0.3, 0.4) is 0 Å². The van der Waals surface area contributed by atoms with Crippen LogP contribution in [0.15, 0.2) is 12.2 Å². The van der Waals surface area contributed by atoms with E-state index in [1.165, 1.54) is 32.1 Å². The summed E-state index contributed by atoms with van der Waals surface area (Å²) >= 11 is 0. The molecule has 1 unspecified atom stereocenters. The van der Waals surface area contributed by atoms with Gasteiger partial charge in [-0.05, 0) is 19.3 Å². The number of nitrogens with one attached hydrogen (secondary N) is 1. The van der Waals surface area contributed by atoms with Crippen molar-refractivity contribution in [3.63, 3.8) is 0 Å². The van der Waals surface area contributed by atoms with Crippen molar-refractivity contribution in [3.8, 4) is 0 Å². The Morgan fingerprint density at radius 3 is 2.55 bits per heavy atom. The van der Waals surface area contributed by atoms with E-state index in [2.05, 4.69) is 11.9 Å². The van der Waals surface area contributed by atoms with Crippen LogP contribution in [-0.4, -0.2) is 43.3 Å². The molecule has 1 saturated heterocycles. The Kier molecular flexibility index (Phi) is 5.89. The van der Waals surface area contributed by atoms with E-state index in [9.17, 15) is 4.79 Å². The largest absolute Gasteiger partial charge is 0.378 e. The fourth-order valence-corrected chi connectivity index (χ4v) is 3.15. The Hall–Kier alpha value is -1.03. The lowest BCUT2D eigenvalue weighted by Gasteiger charge is -2.31. The molecule has 2 aliphatic rings. The third-order valence-corrected chi connectivity index (χ3v) is 4.48. The molecule has 2 amide bonds. The average Bonchev–Trinajstić information content (AvgIpc) is 2.48. The first-order valence-corrected chi connectivity index (χ1v) is 7.95. The van der Waals surface area contributed by atoms with Gasteiger partial charge in [-0.2, -0.15) is 0 Å². The number of amides is 2. The normalized spacial score (nSPS) is 22.4. The van der Waals surface area contributed by atoms with Crippen molar-refractivity contribution in [3.05, 3.63) is 12.2 Å². The lowest BCUT2D eigenvalue weighted by atomic mass is 9.83. The molecule has 20 heavy (non-hydrogen) atoms. The molecule has 2 rings (SSSR count). The van der Waals surface area contributed by atoms with Crippen LogP contribution in [0.1, 0.15) is 45.4 Å². The van der Waals surface area contributed by atoms with Crippen molar-refractivity contribution in [2.24, 2.45) is 5.92 Å². The van der Waals surface area contributed by atoms with Crippen LogP contribution in [0.25, 0.3) is 0 Å². The predicted octanol–water partition coefficient (Wildman–Crippen LogP) is 2.94. The molecule has 4 heteroatoms. The highest BCUT2D eigenvalue weighted by Gasteiger charge is 2.23. The highest BCUT2D eigenvalue weighted by Crippen LogP contribution is 2.28. The van der Waals surface area contributed by atoms with Crippen LogP contribution in [0.5, 0.6) is 0 Å². The zero-order valence-electron chi connectivity index (χ0n) is 12.7. The molecule has 1 atom stereocenters. The van der Waals surface area contributed by atoms with Crippen molar-refractivity contribution in [2.45, 2.75) is 51.5 Å². The fourth-order valence-electron chi connectivity index (χ4n) is 3.15. The van der Waals surface area contributed by atoms with Gasteiger partial charge in [-0.15, -0.1) is 0 Å². The van der Waals surface area contributed by atoms with E-state index in [0.717, 1.165) is 17.9 Å². The number of urea groups is 1. The number of hydrogen-bond donors (Lipinski definition) is 1. The van der Waals surface area contributed by atoms with E-state index in [0.29, 0.717) is 26.3 Å². The van der Waals surface area contributed by atoms with Crippen LogP contribution in [0.2, 0.25) is 0 Å². The van der Waals surface area contributed by atoms with E-state index >= 15 is 0 Å². The molecule has 0 radical (unpaired) electrons. The van der Waals surface area contributed by atoms with Crippen LogP contribution in [-0.2, 0) is 4.74 Å². The summed E-state index contributed by atoms with van der Waals surface area (Å²) in [6.45, 7) is 8.76. The van der Waals surface area contributed by atoms with E-state index in [1.54, 1.807) is 0 Å². The summed E-state index contributed by atoms with van der Waals surface area (Å²) < 4.78 is 5.28. The molecule has 0 aromatic heterocycles. The number of morpholine rings is 1. The maximum Gasteiger partial charge on any atom is 0.318 e. The number of hydrogen-bond acceptors (Lipinski definition) is 2. The van der Waals surface area contributed by atoms with Gasteiger partial charge in [0.25, 0.3) is 0 Å². The first-order valence-electron chi connectivity index (χ1n) is 7.95. The van der Waals surface area contributed by atoms with Gasteiger partial charge in [0.05, 0.1) is 19.3 Å². The standard InChI is InChI=1S/C16H28N2O2/c1-13(2)15(12-14-6-4-3-5-7-14)17-16(19)18-8-10-20-11-9-18/h14-15H,1,3-12H2,2H3,(H,17,19).